The van der Waals surface area contributed by atoms with E-state index in [-0.39, 0.29) is 5.04 Å². The van der Waals surface area contributed by atoms with Crippen molar-refractivity contribution in [3.8, 4) is 0 Å². The molecule has 0 fully saturated rings. The molecule has 0 radical (unpaired) electrons. The second-order valence-corrected chi connectivity index (χ2v) is 11.0. The zero-order valence-electron chi connectivity index (χ0n) is 13.3. The second kappa shape index (κ2) is 6.56. The quantitative estimate of drug-likeness (QED) is 0.830. The summed E-state index contributed by atoms with van der Waals surface area (Å²) in [7, 11) is -2.10. The SMILES string of the molecule is CC(C)(C)[Si](NCCN)(c1ccccc1)c1ccccc1. The molecule has 0 aliphatic heterocycles. The van der Waals surface area contributed by atoms with Crippen LogP contribution in [0.1, 0.15) is 20.8 Å². The molecule has 0 heterocycles. The third-order valence-corrected chi connectivity index (χ3v) is 9.50. The molecule has 2 nitrogen and oxygen atoms in total. The summed E-state index contributed by atoms with van der Waals surface area (Å²) in [6.07, 6.45) is 0. The van der Waals surface area contributed by atoms with Crippen LogP contribution in [0.4, 0.5) is 0 Å². The Morgan fingerprint density at radius 3 is 1.62 bits per heavy atom. The molecule has 0 amide bonds. The van der Waals surface area contributed by atoms with Crippen molar-refractivity contribution >= 4 is 18.6 Å². The Morgan fingerprint density at radius 1 is 0.857 bits per heavy atom. The Bertz CT molecular complexity index is 507. The number of benzene rings is 2. The van der Waals surface area contributed by atoms with Crippen LogP contribution < -0.4 is 21.1 Å². The lowest BCUT2D eigenvalue weighted by Crippen LogP contribution is -2.74. The monoisotopic (exact) mass is 298 g/mol. The zero-order valence-corrected chi connectivity index (χ0v) is 14.3. The van der Waals surface area contributed by atoms with Crippen LogP contribution in [0.5, 0.6) is 0 Å². The van der Waals surface area contributed by atoms with Crippen molar-refractivity contribution in [2.45, 2.75) is 25.8 Å². The third-order valence-electron chi connectivity index (χ3n) is 4.07. The van der Waals surface area contributed by atoms with E-state index in [1.165, 1.54) is 10.4 Å². The molecule has 2 rings (SSSR count). The van der Waals surface area contributed by atoms with Gasteiger partial charge in [-0.15, -0.1) is 0 Å². The van der Waals surface area contributed by atoms with Crippen molar-refractivity contribution in [2.75, 3.05) is 13.1 Å². The normalized spacial score (nSPS) is 12.4. The van der Waals surface area contributed by atoms with Gasteiger partial charge in [-0.3, -0.25) is 0 Å². The van der Waals surface area contributed by atoms with Crippen LogP contribution in [-0.4, -0.2) is 21.3 Å². The molecule has 0 spiro atoms. The Morgan fingerprint density at radius 2 is 1.29 bits per heavy atom. The Labute approximate surface area is 129 Å². The predicted molar refractivity (Wildman–Crippen MR) is 94.7 cm³/mol. The first-order valence-corrected chi connectivity index (χ1v) is 9.58. The average molecular weight is 299 g/mol. The fourth-order valence-corrected chi connectivity index (χ4v) is 8.05. The van der Waals surface area contributed by atoms with E-state index < -0.39 is 8.24 Å². The molecule has 0 saturated heterocycles. The first-order chi connectivity index (χ1) is 10.0. The number of hydrogen-bond donors (Lipinski definition) is 2. The Hall–Kier alpha value is -1.42. The number of nitrogens with two attached hydrogens (primary N) is 1. The maximum atomic E-state index is 5.79. The van der Waals surface area contributed by atoms with E-state index in [4.69, 9.17) is 5.73 Å². The molecule has 0 saturated carbocycles. The number of rotatable bonds is 5. The number of nitrogens with one attached hydrogen (secondary N) is 1. The van der Waals surface area contributed by atoms with Gasteiger partial charge in [0.15, 0.2) is 8.24 Å². The highest BCUT2D eigenvalue weighted by Gasteiger charge is 2.47. The molecule has 0 unspecified atom stereocenters. The molecule has 112 valence electrons. The first kappa shape index (κ1) is 16.0. The molecule has 3 N–H and O–H groups in total. The fraction of sp³-hybridized carbons (Fsp3) is 0.333. The van der Waals surface area contributed by atoms with Gasteiger partial charge in [0, 0.05) is 13.1 Å². The lowest BCUT2D eigenvalue weighted by atomic mass is 10.2. The van der Waals surface area contributed by atoms with Gasteiger partial charge in [0.05, 0.1) is 0 Å². The average Bonchev–Trinajstić information content (AvgIpc) is 2.49. The fourth-order valence-electron chi connectivity index (χ4n) is 3.14. The largest absolute Gasteiger partial charge is 0.329 e. The Balaban J connectivity index is 2.66. The van der Waals surface area contributed by atoms with Crippen LogP contribution in [0.15, 0.2) is 60.7 Å². The van der Waals surface area contributed by atoms with E-state index in [1.54, 1.807) is 0 Å². The summed E-state index contributed by atoms with van der Waals surface area (Å²) in [5, 5.41) is 2.97. The molecule has 21 heavy (non-hydrogen) atoms. The Kier molecular flexibility index (Phi) is 4.98. The van der Waals surface area contributed by atoms with E-state index in [1.807, 2.05) is 0 Å². The van der Waals surface area contributed by atoms with Crippen molar-refractivity contribution in [2.24, 2.45) is 5.73 Å². The minimum atomic E-state index is -2.10. The summed E-state index contributed by atoms with van der Waals surface area (Å²) in [6.45, 7) is 8.51. The van der Waals surface area contributed by atoms with E-state index >= 15 is 0 Å². The summed E-state index contributed by atoms with van der Waals surface area (Å²) in [5.74, 6) is 0. The van der Waals surface area contributed by atoms with Gasteiger partial charge in [-0.25, -0.2) is 0 Å². The van der Waals surface area contributed by atoms with Crippen molar-refractivity contribution in [1.29, 1.82) is 0 Å². The van der Waals surface area contributed by atoms with Gasteiger partial charge >= 0.3 is 0 Å². The highest BCUT2D eigenvalue weighted by Crippen LogP contribution is 2.33. The summed E-state index contributed by atoms with van der Waals surface area (Å²) in [5.41, 5.74) is 5.79. The van der Waals surface area contributed by atoms with Gasteiger partial charge in [0.1, 0.15) is 0 Å². The van der Waals surface area contributed by atoms with Gasteiger partial charge in [0.2, 0.25) is 0 Å². The molecule has 0 aromatic heterocycles. The van der Waals surface area contributed by atoms with Crippen molar-refractivity contribution in [3.05, 3.63) is 60.7 Å². The topological polar surface area (TPSA) is 38.0 Å². The maximum Gasteiger partial charge on any atom is 0.195 e. The smallest absolute Gasteiger partial charge is 0.195 e. The van der Waals surface area contributed by atoms with Crippen molar-refractivity contribution in [1.82, 2.24) is 4.98 Å². The highest BCUT2D eigenvalue weighted by molar-refractivity contribution is 7.02. The van der Waals surface area contributed by atoms with E-state index in [0.29, 0.717) is 6.54 Å². The zero-order chi connectivity index (χ0) is 15.3. The van der Waals surface area contributed by atoms with E-state index in [2.05, 4.69) is 86.4 Å². The first-order valence-electron chi connectivity index (χ1n) is 7.58. The lowest BCUT2D eigenvalue weighted by molar-refractivity contribution is 0.698. The lowest BCUT2D eigenvalue weighted by Gasteiger charge is -2.44. The molecule has 0 atom stereocenters. The molecule has 2 aromatic carbocycles. The molecule has 0 aliphatic carbocycles. The maximum absolute atomic E-state index is 5.79. The minimum Gasteiger partial charge on any atom is -0.329 e. The van der Waals surface area contributed by atoms with Crippen LogP contribution >= 0.6 is 0 Å². The molecule has 3 heteroatoms. The molecular weight excluding hydrogens is 272 g/mol. The van der Waals surface area contributed by atoms with Crippen LogP contribution in [0, 0.1) is 0 Å². The van der Waals surface area contributed by atoms with Gasteiger partial charge in [0.25, 0.3) is 0 Å². The van der Waals surface area contributed by atoms with Gasteiger partial charge < -0.3 is 10.7 Å². The van der Waals surface area contributed by atoms with Crippen molar-refractivity contribution < 1.29 is 0 Å². The standard InChI is InChI=1S/C18H26N2Si/c1-18(2,3)21(20-15-14-19,16-10-6-4-7-11-16)17-12-8-5-9-13-17/h4-13,20H,14-15,19H2,1-3H3. The highest BCUT2D eigenvalue weighted by atomic mass is 28.3. The van der Waals surface area contributed by atoms with Crippen LogP contribution in [0.25, 0.3) is 0 Å². The summed E-state index contributed by atoms with van der Waals surface area (Å²) in [4.78, 5) is 3.87. The van der Waals surface area contributed by atoms with Crippen LogP contribution in [-0.2, 0) is 0 Å². The van der Waals surface area contributed by atoms with Crippen LogP contribution in [0.2, 0.25) is 5.04 Å². The number of hydrogen-bond acceptors (Lipinski definition) is 2. The summed E-state index contributed by atoms with van der Waals surface area (Å²) >= 11 is 0. The third kappa shape index (κ3) is 3.10. The second-order valence-electron chi connectivity index (χ2n) is 6.45. The summed E-state index contributed by atoms with van der Waals surface area (Å²) < 4.78 is 0. The van der Waals surface area contributed by atoms with Crippen LogP contribution in [0.3, 0.4) is 0 Å². The van der Waals surface area contributed by atoms with Gasteiger partial charge in [-0.2, -0.15) is 0 Å². The molecule has 0 bridgehead atoms. The predicted octanol–water partition coefficient (Wildman–Crippen LogP) is 2.09. The van der Waals surface area contributed by atoms with E-state index in [9.17, 15) is 0 Å². The van der Waals surface area contributed by atoms with Gasteiger partial charge in [-0.05, 0) is 15.4 Å². The molecular formula is C18H26N2Si. The van der Waals surface area contributed by atoms with Crippen molar-refractivity contribution in [3.63, 3.8) is 0 Å². The van der Waals surface area contributed by atoms with Gasteiger partial charge in [-0.1, -0.05) is 81.4 Å². The summed E-state index contributed by atoms with van der Waals surface area (Å²) in [6, 6.07) is 21.7. The molecule has 2 aromatic rings. The molecule has 0 aliphatic rings. The van der Waals surface area contributed by atoms with E-state index in [0.717, 1.165) is 6.54 Å². The minimum absolute atomic E-state index is 0.144.